The van der Waals surface area contributed by atoms with Crippen LogP contribution in [0.2, 0.25) is 0 Å². The quantitative estimate of drug-likeness (QED) is 0.390. The monoisotopic (exact) mass is 259 g/mol. The molecule has 7 heteroatoms. The maximum Gasteiger partial charge on any atom is 0.321 e. The average Bonchev–Trinajstić information content (AvgIpc) is 2.39. The average molecular weight is 259 g/mol. The number of nitro benzene ring substituents is 1. The van der Waals surface area contributed by atoms with Crippen molar-refractivity contribution in [3.05, 3.63) is 69.7 Å². The van der Waals surface area contributed by atoms with Crippen molar-refractivity contribution in [2.24, 2.45) is 0 Å². The van der Waals surface area contributed by atoms with Gasteiger partial charge in [0, 0.05) is 30.0 Å². The topological polar surface area (TPSA) is 99.2 Å². The zero-order chi connectivity index (χ0) is 13.8. The number of nitrogens with zero attached hydrogens (tertiary/aromatic N) is 2. The van der Waals surface area contributed by atoms with Crippen molar-refractivity contribution >= 4 is 17.3 Å². The second-order valence-corrected chi connectivity index (χ2v) is 3.67. The van der Waals surface area contributed by atoms with E-state index in [1.807, 2.05) is 0 Å². The van der Waals surface area contributed by atoms with Crippen LogP contribution in [-0.4, -0.2) is 10.8 Å². The largest absolute Gasteiger partial charge is 0.618 e. The Morgan fingerprint density at radius 2 is 1.84 bits per heavy atom. The third kappa shape index (κ3) is 2.83. The summed E-state index contributed by atoms with van der Waals surface area (Å²) in [5, 5.41) is 24.3. The number of hydrogen-bond donors (Lipinski definition) is 1. The van der Waals surface area contributed by atoms with Gasteiger partial charge >= 0.3 is 5.91 Å². The van der Waals surface area contributed by atoms with Crippen molar-refractivity contribution in [2.45, 2.75) is 0 Å². The van der Waals surface area contributed by atoms with Crippen LogP contribution in [0.25, 0.3) is 0 Å². The van der Waals surface area contributed by atoms with E-state index < -0.39 is 10.8 Å². The number of rotatable bonds is 3. The molecule has 0 spiro atoms. The number of nitrogens with one attached hydrogen (secondary N) is 1. The molecule has 0 unspecified atom stereocenters. The van der Waals surface area contributed by atoms with E-state index in [-0.39, 0.29) is 11.4 Å². The van der Waals surface area contributed by atoms with Crippen molar-refractivity contribution in [1.29, 1.82) is 0 Å². The van der Waals surface area contributed by atoms with Gasteiger partial charge in [0.2, 0.25) is 0 Å². The summed E-state index contributed by atoms with van der Waals surface area (Å²) in [4.78, 5) is 21.7. The number of carbonyl (C=O) groups excluding carboxylic acids is 1. The number of anilines is 1. The summed E-state index contributed by atoms with van der Waals surface area (Å²) in [7, 11) is 0. The first-order valence-corrected chi connectivity index (χ1v) is 5.32. The first kappa shape index (κ1) is 12.5. The summed E-state index contributed by atoms with van der Waals surface area (Å²) < 4.78 is 0.445. The lowest BCUT2D eigenvalue weighted by Crippen LogP contribution is -2.36. The fourth-order valence-corrected chi connectivity index (χ4v) is 1.47. The number of hydrogen-bond acceptors (Lipinski definition) is 4. The van der Waals surface area contributed by atoms with Crippen molar-refractivity contribution in [1.82, 2.24) is 0 Å². The molecule has 96 valence electrons. The molecule has 0 bridgehead atoms. The Labute approximate surface area is 107 Å². The minimum atomic E-state index is -0.579. The number of non-ortho nitro benzene ring substituents is 1. The summed E-state index contributed by atoms with van der Waals surface area (Å²) >= 11 is 0. The Balaban J connectivity index is 2.15. The van der Waals surface area contributed by atoms with Crippen LogP contribution in [0, 0.1) is 15.3 Å². The highest BCUT2D eigenvalue weighted by Gasteiger charge is 2.15. The molecule has 1 amide bonds. The van der Waals surface area contributed by atoms with Crippen LogP contribution < -0.4 is 10.0 Å². The molecule has 0 aliphatic carbocycles. The zero-order valence-electron chi connectivity index (χ0n) is 9.65. The van der Waals surface area contributed by atoms with Crippen molar-refractivity contribution in [3.63, 3.8) is 0 Å². The molecule has 1 aromatic heterocycles. The van der Waals surface area contributed by atoms with Gasteiger partial charge in [0.1, 0.15) is 0 Å². The number of aromatic nitrogens is 1. The van der Waals surface area contributed by atoms with E-state index in [0.29, 0.717) is 10.4 Å². The van der Waals surface area contributed by atoms with E-state index in [2.05, 4.69) is 5.32 Å². The van der Waals surface area contributed by atoms with Gasteiger partial charge in [-0.05, 0) is 18.2 Å². The third-order valence-electron chi connectivity index (χ3n) is 2.39. The van der Waals surface area contributed by atoms with Crippen LogP contribution in [0.4, 0.5) is 11.4 Å². The fourth-order valence-electron chi connectivity index (χ4n) is 1.47. The number of pyridine rings is 1. The highest BCUT2D eigenvalue weighted by molar-refractivity contribution is 6.01. The molecule has 0 fully saturated rings. The Morgan fingerprint density at radius 3 is 2.42 bits per heavy atom. The predicted molar refractivity (Wildman–Crippen MR) is 66.5 cm³/mol. The minimum Gasteiger partial charge on any atom is -0.618 e. The lowest BCUT2D eigenvalue weighted by atomic mass is 10.2. The molecule has 1 aromatic carbocycles. The van der Waals surface area contributed by atoms with Gasteiger partial charge in [-0.2, -0.15) is 4.73 Å². The van der Waals surface area contributed by atoms with E-state index in [9.17, 15) is 20.1 Å². The molecular formula is C12H9N3O4. The van der Waals surface area contributed by atoms with Gasteiger partial charge < -0.3 is 10.5 Å². The first-order chi connectivity index (χ1) is 9.08. The second-order valence-electron chi connectivity index (χ2n) is 3.67. The number of carbonyl (C=O) groups is 1. The Morgan fingerprint density at radius 1 is 1.16 bits per heavy atom. The molecule has 2 rings (SSSR count). The molecule has 0 saturated carbocycles. The minimum absolute atomic E-state index is 0.0548. The van der Waals surface area contributed by atoms with Crippen LogP contribution in [0.5, 0.6) is 0 Å². The standard InChI is InChI=1S/C12H9N3O4/c16-12(11-3-1-2-8-14(11)17)13-9-4-6-10(7-5-9)15(18)19/h1-8H,(H,13,16). The lowest BCUT2D eigenvalue weighted by molar-refractivity contribution is -0.607. The van der Waals surface area contributed by atoms with Gasteiger partial charge in [0.15, 0.2) is 6.20 Å². The summed E-state index contributed by atoms with van der Waals surface area (Å²) in [5.74, 6) is -0.579. The van der Waals surface area contributed by atoms with Crippen LogP contribution in [0.3, 0.4) is 0 Å². The fraction of sp³-hybridized carbons (Fsp3) is 0. The molecular weight excluding hydrogens is 250 g/mol. The molecule has 2 aromatic rings. The number of nitro groups is 1. The first-order valence-electron chi connectivity index (χ1n) is 5.32. The summed E-state index contributed by atoms with van der Waals surface area (Å²) in [6.07, 6.45) is 1.21. The van der Waals surface area contributed by atoms with Crippen LogP contribution in [-0.2, 0) is 0 Å². The van der Waals surface area contributed by atoms with Crippen LogP contribution >= 0.6 is 0 Å². The van der Waals surface area contributed by atoms with E-state index in [0.717, 1.165) is 0 Å². The van der Waals surface area contributed by atoms with Crippen LogP contribution in [0.15, 0.2) is 48.7 Å². The highest BCUT2D eigenvalue weighted by Crippen LogP contribution is 2.15. The Kier molecular flexibility index (Phi) is 3.37. The van der Waals surface area contributed by atoms with E-state index in [4.69, 9.17) is 0 Å². The number of amides is 1. The van der Waals surface area contributed by atoms with Gasteiger partial charge in [-0.15, -0.1) is 0 Å². The Bertz CT molecular complexity index is 625. The highest BCUT2D eigenvalue weighted by atomic mass is 16.6. The SMILES string of the molecule is O=C(Nc1ccc([N+](=O)[O-])cc1)c1cccc[n+]1[O-]. The molecule has 0 saturated heterocycles. The molecule has 0 radical (unpaired) electrons. The van der Waals surface area contributed by atoms with E-state index in [1.54, 1.807) is 6.07 Å². The van der Waals surface area contributed by atoms with Crippen molar-refractivity contribution in [3.8, 4) is 0 Å². The summed E-state index contributed by atoms with van der Waals surface area (Å²) in [5.41, 5.74) is 0.247. The van der Waals surface area contributed by atoms with Crippen LogP contribution in [0.1, 0.15) is 10.5 Å². The van der Waals surface area contributed by atoms with Gasteiger partial charge in [-0.3, -0.25) is 14.9 Å². The number of benzene rings is 1. The van der Waals surface area contributed by atoms with Crippen molar-refractivity contribution in [2.75, 3.05) is 5.32 Å². The third-order valence-corrected chi connectivity index (χ3v) is 2.39. The molecule has 0 atom stereocenters. The lowest BCUT2D eigenvalue weighted by Gasteiger charge is -2.05. The van der Waals surface area contributed by atoms with E-state index >= 15 is 0 Å². The predicted octanol–water partition coefficient (Wildman–Crippen LogP) is 1.48. The molecule has 0 aliphatic heterocycles. The molecule has 7 nitrogen and oxygen atoms in total. The summed E-state index contributed by atoms with van der Waals surface area (Å²) in [6, 6.07) is 9.79. The molecule has 19 heavy (non-hydrogen) atoms. The zero-order valence-corrected chi connectivity index (χ0v) is 9.65. The summed E-state index contributed by atoms with van der Waals surface area (Å²) in [6.45, 7) is 0. The smallest absolute Gasteiger partial charge is 0.321 e. The maximum atomic E-state index is 11.8. The molecule has 1 N–H and O–H groups in total. The van der Waals surface area contributed by atoms with Gasteiger partial charge in [-0.25, -0.2) is 0 Å². The normalized spacial score (nSPS) is 9.89. The Hall–Kier alpha value is -2.96. The van der Waals surface area contributed by atoms with Gasteiger partial charge in [0.05, 0.1) is 4.92 Å². The van der Waals surface area contributed by atoms with E-state index in [1.165, 1.54) is 42.6 Å². The second kappa shape index (κ2) is 5.13. The van der Waals surface area contributed by atoms with Gasteiger partial charge in [-0.1, -0.05) is 0 Å². The van der Waals surface area contributed by atoms with Crippen molar-refractivity contribution < 1.29 is 14.4 Å². The molecule has 1 heterocycles. The van der Waals surface area contributed by atoms with Gasteiger partial charge in [0.25, 0.3) is 11.4 Å². The molecule has 0 aliphatic rings. The maximum absolute atomic E-state index is 11.8.